The molecular formula is C8H8ClNO. The second kappa shape index (κ2) is 2.19. The van der Waals surface area contributed by atoms with Gasteiger partial charge in [0.1, 0.15) is 10.8 Å². The molecule has 0 aromatic carbocycles. The fraction of sp³-hybridized carbons (Fsp3) is 0.375. The molecule has 1 atom stereocenters. The molecule has 1 aliphatic rings. The summed E-state index contributed by atoms with van der Waals surface area (Å²) >= 11 is 5.86. The molecule has 1 aromatic rings. The van der Waals surface area contributed by atoms with E-state index in [4.69, 9.17) is 16.3 Å². The third-order valence-electron chi connectivity index (χ3n) is 1.91. The van der Waals surface area contributed by atoms with Gasteiger partial charge in [-0.25, -0.2) is 4.98 Å². The molecule has 58 valence electrons. The largest absolute Gasteiger partial charge is 0.365 e. The number of halogens is 1. The van der Waals surface area contributed by atoms with Crippen LogP contribution < -0.4 is 0 Å². The minimum Gasteiger partial charge on any atom is -0.365 e. The third-order valence-corrected chi connectivity index (χ3v) is 2.21. The highest BCUT2D eigenvalue weighted by molar-refractivity contribution is 6.30. The fourth-order valence-electron chi connectivity index (χ4n) is 1.04. The van der Waals surface area contributed by atoms with E-state index in [0.717, 1.165) is 12.2 Å². The summed E-state index contributed by atoms with van der Waals surface area (Å²) < 4.78 is 5.24. The second-order valence-corrected chi connectivity index (χ2v) is 3.22. The summed E-state index contributed by atoms with van der Waals surface area (Å²) in [4.78, 5) is 3.97. The summed E-state index contributed by atoms with van der Waals surface area (Å²) in [5.41, 5.74) is 0.826. The normalized spacial score (nSPS) is 28.5. The fourth-order valence-corrected chi connectivity index (χ4v) is 1.36. The van der Waals surface area contributed by atoms with Crippen LogP contribution in [0.1, 0.15) is 12.5 Å². The van der Waals surface area contributed by atoms with Crippen molar-refractivity contribution in [1.82, 2.24) is 4.98 Å². The van der Waals surface area contributed by atoms with Crippen LogP contribution in [0.5, 0.6) is 0 Å². The summed E-state index contributed by atoms with van der Waals surface area (Å²) in [6, 6.07) is 3.82. The lowest BCUT2D eigenvalue weighted by Crippen LogP contribution is -2.03. The van der Waals surface area contributed by atoms with Crippen LogP contribution in [0.15, 0.2) is 18.3 Å². The molecule has 0 spiro atoms. The zero-order chi connectivity index (χ0) is 7.90. The molecule has 0 unspecified atom stereocenters. The maximum atomic E-state index is 5.86. The van der Waals surface area contributed by atoms with Gasteiger partial charge in [0.05, 0.1) is 6.61 Å². The van der Waals surface area contributed by atoms with Gasteiger partial charge in [-0.1, -0.05) is 17.7 Å². The molecule has 1 aromatic heterocycles. The Kier molecular flexibility index (Phi) is 1.41. The molecule has 2 heterocycles. The summed E-state index contributed by atoms with van der Waals surface area (Å²) in [7, 11) is 0. The van der Waals surface area contributed by atoms with E-state index in [1.165, 1.54) is 0 Å². The molecule has 0 radical (unpaired) electrons. The minimum absolute atomic E-state index is 0.161. The van der Waals surface area contributed by atoms with Crippen LogP contribution in [-0.2, 0) is 10.3 Å². The minimum atomic E-state index is -0.161. The Balaban J connectivity index is 2.45. The van der Waals surface area contributed by atoms with Crippen LogP contribution in [0.25, 0.3) is 0 Å². The van der Waals surface area contributed by atoms with Crippen molar-refractivity contribution in [2.75, 3.05) is 6.61 Å². The van der Waals surface area contributed by atoms with E-state index >= 15 is 0 Å². The Hall–Kier alpha value is -0.600. The van der Waals surface area contributed by atoms with Gasteiger partial charge >= 0.3 is 0 Å². The van der Waals surface area contributed by atoms with Crippen LogP contribution in [0.3, 0.4) is 0 Å². The highest BCUT2D eigenvalue weighted by Crippen LogP contribution is 2.40. The van der Waals surface area contributed by atoms with Crippen LogP contribution in [0.2, 0.25) is 5.15 Å². The number of nitrogens with zero attached hydrogens (tertiary/aromatic N) is 1. The average molecular weight is 170 g/mol. The first-order chi connectivity index (χ1) is 5.22. The van der Waals surface area contributed by atoms with Crippen molar-refractivity contribution in [2.24, 2.45) is 0 Å². The summed E-state index contributed by atoms with van der Waals surface area (Å²) in [6.07, 6.45) is 1.68. The van der Waals surface area contributed by atoms with Crippen LogP contribution in [0.4, 0.5) is 0 Å². The van der Waals surface area contributed by atoms with Gasteiger partial charge in [-0.15, -0.1) is 0 Å². The van der Waals surface area contributed by atoms with Crippen LogP contribution in [-0.4, -0.2) is 11.6 Å². The molecule has 0 N–H and O–H groups in total. The van der Waals surface area contributed by atoms with E-state index in [0.29, 0.717) is 5.15 Å². The topological polar surface area (TPSA) is 25.4 Å². The Labute approximate surface area is 70.2 Å². The smallest absolute Gasteiger partial charge is 0.135 e. The van der Waals surface area contributed by atoms with Crippen molar-refractivity contribution in [3.63, 3.8) is 0 Å². The molecule has 3 heteroatoms. The lowest BCUT2D eigenvalue weighted by Gasteiger charge is -2.05. The van der Waals surface area contributed by atoms with Gasteiger partial charge in [0.2, 0.25) is 0 Å². The Morgan fingerprint density at radius 3 is 3.00 bits per heavy atom. The van der Waals surface area contributed by atoms with Crippen molar-refractivity contribution in [2.45, 2.75) is 12.5 Å². The van der Waals surface area contributed by atoms with Crippen molar-refractivity contribution in [1.29, 1.82) is 0 Å². The Bertz CT molecular complexity index is 283. The van der Waals surface area contributed by atoms with Crippen molar-refractivity contribution < 1.29 is 4.74 Å². The van der Waals surface area contributed by atoms with Gasteiger partial charge in [0.25, 0.3) is 0 Å². The van der Waals surface area contributed by atoms with Crippen molar-refractivity contribution >= 4 is 11.6 Å². The number of aromatic nitrogens is 1. The third kappa shape index (κ3) is 1.12. The van der Waals surface area contributed by atoms with E-state index in [1.807, 2.05) is 19.1 Å². The number of hydrogen-bond donors (Lipinski definition) is 0. The molecule has 2 nitrogen and oxygen atoms in total. The highest BCUT2D eigenvalue weighted by atomic mass is 35.5. The maximum Gasteiger partial charge on any atom is 0.135 e. The van der Waals surface area contributed by atoms with E-state index in [-0.39, 0.29) is 5.60 Å². The zero-order valence-electron chi connectivity index (χ0n) is 6.17. The van der Waals surface area contributed by atoms with Gasteiger partial charge in [-0.05, 0) is 13.0 Å². The van der Waals surface area contributed by atoms with Crippen LogP contribution >= 0.6 is 11.6 Å². The van der Waals surface area contributed by atoms with Crippen molar-refractivity contribution in [3.8, 4) is 0 Å². The van der Waals surface area contributed by atoms with E-state index in [1.54, 1.807) is 6.20 Å². The number of ether oxygens (including phenoxy) is 1. The Morgan fingerprint density at radius 2 is 2.45 bits per heavy atom. The van der Waals surface area contributed by atoms with Gasteiger partial charge in [0.15, 0.2) is 0 Å². The number of epoxide rings is 1. The molecule has 1 saturated heterocycles. The summed E-state index contributed by atoms with van der Waals surface area (Å²) in [5.74, 6) is 0. The standard InChI is InChI=1S/C8H8ClNO/c1-8(5-11-8)6-3-2-4-10-7(6)9/h2-4H,5H2,1H3/t8-/m1/s1. The molecular weight excluding hydrogens is 162 g/mol. The molecule has 0 aliphatic carbocycles. The lowest BCUT2D eigenvalue weighted by atomic mass is 10.1. The van der Waals surface area contributed by atoms with Gasteiger partial charge in [0, 0.05) is 11.8 Å². The number of rotatable bonds is 1. The maximum absolute atomic E-state index is 5.86. The highest BCUT2D eigenvalue weighted by Gasteiger charge is 2.42. The molecule has 0 bridgehead atoms. The predicted molar refractivity (Wildman–Crippen MR) is 42.6 cm³/mol. The number of pyridine rings is 1. The predicted octanol–water partition coefficient (Wildman–Crippen LogP) is 1.98. The monoisotopic (exact) mass is 169 g/mol. The average Bonchev–Trinajstić information content (AvgIpc) is 2.70. The number of hydrogen-bond acceptors (Lipinski definition) is 2. The van der Waals surface area contributed by atoms with Gasteiger partial charge in [-0.3, -0.25) is 0 Å². The van der Waals surface area contributed by atoms with Crippen LogP contribution in [0, 0.1) is 0 Å². The molecule has 11 heavy (non-hydrogen) atoms. The summed E-state index contributed by atoms with van der Waals surface area (Å²) in [5, 5.41) is 0.549. The molecule has 1 aliphatic heterocycles. The van der Waals surface area contributed by atoms with Crippen molar-refractivity contribution in [3.05, 3.63) is 29.0 Å². The van der Waals surface area contributed by atoms with E-state index in [9.17, 15) is 0 Å². The SMILES string of the molecule is C[C@]1(c2cccnc2Cl)CO1. The van der Waals surface area contributed by atoms with Gasteiger partial charge < -0.3 is 4.74 Å². The first kappa shape index (κ1) is 7.07. The molecule has 2 rings (SSSR count). The van der Waals surface area contributed by atoms with Gasteiger partial charge in [-0.2, -0.15) is 0 Å². The molecule has 1 fully saturated rings. The molecule has 0 saturated carbocycles. The first-order valence-corrected chi connectivity index (χ1v) is 3.85. The van der Waals surface area contributed by atoms with E-state index in [2.05, 4.69) is 4.98 Å². The lowest BCUT2D eigenvalue weighted by molar-refractivity contribution is 0.329. The second-order valence-electron chi connectivity index (χ2n) is 2.86. The Morgan fingerprint density at radius 1 is 1.73 bits per heavy atom. The quantitative estimate of drug-likeness (QED) is 0.475. The summed E-state index contributed by atoms with van der Waals surface area (Å²) in [6.45, 7) is 2.76. The zero-order valence-corrected chi connectivity index (χ0v) is 6.93. The molecule has 0 amide bonds. The van der Waals surface area contributed by atoms with E-state index < -0.39 is 0 Å². The first-order valence-electron chi connectivity index (χ1n) is 3.47.